The molecule has 23 heavy (non-hydrogen) atoms. The van der Waals surface area contributed by atoms with Gasteiger partial charge in [-0.2, -0.15) is 13.2 Å². The number of halogens is 4. The van der Waals surface area contributed by atoms with Gasteiger partial charge >= 0.3 is 6.18 Å². The zero-order valence-corrected chi connectivity index (χ0v) is 13.7. The molecular formula is C14H21ClF3N3O2. The lowest BCUT2D eigenvalue weighted by molar-refractivity contribution is -0.154. The van der Waals surface area contributed by atoms with E-state index >= 15 is 0 Å². The van der Waals surface area contributed by atoms with Crippen LogP contribution in [0.25, 0.3) is 0 Å². The molecule has 0 saturated heterocycles. The molecule has 0 spiro atoms. The van der Waals surface area contributed by atoms with Crippen LogP contribution in [0, 0.1) is 5.92 Å². The van der Waals surface area contributed by atoms with Crippen molar-refractivity contribution in [3.8, 4) is 5.88 Å². The number of ether oxygens (including phenoxy) is 1. The average molecular weight is 356 g/mol. The van der Waals surface area contributed by atoms with E-state index in [2.05, 4.69) is 15.0 Å². The summed E-state index contributed by atoms with van der Waals surface area (Å²) in [7, 11) is 0. The van der Waals surface area contributed by atoms with Gasteiger partial charge in [0.2, 0.25) is 11.8 Å². The summed E-state index contributed by atoms with van der Waals surface area (Å²) >= 11 is 0. The highest BCUT2D eigenvalue weighted by Crippen LogP contribution is 2.17. The molecule has 0 saturated carbocycles. The van der Waals surface area contributed by atoms with Crippen molar-refractivity contribution in [3.63, 3.8) is 0 Å². The lowest BCUT2D eigenvalue weighted by Crippen LogP contribution is -2.44. The van der Waals surface area contributed by atoms with E-state index in [4.69, 9.17) is 5.73 Å². The van der Waals surface area contributed by atoms with Gasteiger partial charge in [-0.25, -0.2) is 4.98 Å². The van der Waals surface area contributed by atoms with Crippen LogP contribution in [0.15, 0.2) is 18.3 Å². The molecule has 1 amide bonds. The minimum Gasteiger partial charge on any atom is -0.468 e. The molecule has 0 aromatic carbocycles. The van der Waals surface area contributed by atoms with Gasteiger partial charge in [0.1, 0.15) is 0 Å². The molecule has 0 radical (unpaired) electrons. The summed E-state index contributed by atoms with van der Waals surface area (Å²) in [6.07, 6.45) is -2.32. The summed E-state index contributed by atoms with van der Waals surface area (Å²) in [5, 5.41) is 2.64. The van der Waals surface area contributed by atoms with Crippen LogP contribution >= 0.6 is 12.4 Å². The lowest BCUT2D eigenvalue weighted by Gasteiger charge is -2.17. The highest BCUT2D eigenvalue weighted by atomic mass is 35.5. The molecule has 0 aliphatic carbocycles. The number of carbonyl (C=O) groups excluding carboxylic acids is 1. The Labute approximate surface area is 139 Å². The molecule has 1 heterocycles. The normalized spacial score (nSPS) is 13.7. The third kappa shape index (κ3) is 8.03. The molecule has 0 aliphatic rings. The Bertz CT molecular complexity index is 500. The number of hydrogen-bond acceptors (Lipinski definition) is 4. The molecule has 1 aromatic heterocycles. The van der Waals surface area contributed by atoms with Crippen LogP contribution in [0.1, 0.15) is 25.8 Å². The van der Waals surface area contributed by atoms with Crippen molar-refractivity contribution >= 4 is 18.3 Å². The number of carbonyl (C=O) groups is 1. The molecule has 132 valence electrons. The van der Waals surface area contributed by atoms with Crippen LogP contribution in [-0.2, 0) is 11.3 Å². The first-order chi connectivity index (χ1) is 10.2. The maximum absolute atomic E-state index is 12.1. The summed E-state index contributed by atoms with van der Waals surface area (Å²) in [4.78, 5) is 15.5. The molecule has 0 aliphatic heterocycles. The van der Waals surface area contributed by atoms with Crippen LogP contribution in [0.2, 0.25) is 0 Å². The van der Waals surface area contributed by atoms with Crippen molar-refractivity contribution in [2.75, 3.05) is 6.61 Å². The standard InChI is InChI=1S/C14H20F3N3O2.ClH/c1-3-9(2)12(18)13(21)20-7-10-4-5-19-11(6-10)22-8-14(15,16)17;/h4-6,9,12H,3,7-8,18H2,1-2H3,(H,20,21);1H. The minimum absolute atomic E-state index is 0. The quantitative estimate of drug-likeness (QED) is 0.787. The third-order valence-electron chi connectivity index (χ3n) is 3.21. The molecule has 1 aromatic rings. The first-order valence-corrected chi connectivity index (χ1v) is 6.90. The Morgan fingerprint density at radius 3 is 2.70 bits per heavy atom. The van der Waals surface area contributed by atoms with E-state index in [9.17, 15) is 18.0 Å². The van der Waals surface area contributed by atoms with Crippen molar-refractivity contribution in [1.82, 2.24) is 10.3 Å². The highest BCUT2D eigenvalue weighted by molar-refractivity contribution is 5.85. The largest absolute Gasteiger partial charge is 0.468 e. The van der Waals surface area contributed by atoms with Gasteiger partial charge < -0.3 is 15.8 Å². The van der Waals surface area contributed by atoms with E-state index in [1.54, 1.807) is 6.07 Å². The van der Waals surface area contributed by atoms with E-state index < -0.39 is 18.8 Å². The van der Waals surface area contributed by atoms with Crippen molar-refractivity contribution in [1.29, 1.82) is 0 Å². The van der Waals surface area contributed by atoms with Gasteiger partial charge in [-0.05, 0) is 17.5 Å². The zero-order chi connectivity index (χ0) is 16.8. The van der Waals surface area contributed by atoms with Crippen molar-refractivity contribution < 1.29 is 22.7 Å². The van der Waals surface area contributed by atoms with E-state index in [0.29, 0.717) is 5.56 Å². The second-order valence-electron chi connectivity index (χ2n) is 5.04. The van der Waals surface area contributed by atoms with Gasteiger partial charge in [-0.15, -0.1) is 12.4 Å². The topological polar surface area (TPSA) is 77.2 Å². The molecular weight excluding hydrogens is 335 g/mol. The van der Waals surface area contributed by atoms with E-state index in [1.165, 1.54) is 12.3 Å². The number of alkyl halides is 3. The summed E-state index contributed by atoms with van der Waals surface area (Å²) in [5.41, 5.74) is 6.37. The fraction of sp³-hybridized carbons (Fsp3) is 0.571. The Balaban J connectivity index is 0.00000484. The molecule has 1 rings (SSSR count). The van der Waals surface area contributed by atoms with Crippen LogP contribution in [0.5, 0.6) is 5.88 Å². The van der Waals surface area contributed by atoms with Crippen LogP contribution in [0.3, 0.4) is 0 Å². The second kappa shape index (κ2) is 9.57. The van der Waals surface area contributed by atoms with Crippen molar-refractivity contribution in [2.24, 2.45) is 11.7 Å². The Morgan fingerprint density at radius 2 is 2.13 bits per heavy atom. The van der Waals surface area contributed by atoms with Gasteiger partial charge in [0.05, 0.1) is 6.04 Å². The Kier molecular flexibility index (Phi) is 8.93. The number of amides is 1. The predicted molar refractivity (Wildman–Crippen MR) is 82.3 cm³/mol. The molecule has 0 fully saturated rings. The summed E-state index contributed by atoms with van der Waals surface area (Å²) in [5.74, 6) is -0.401. The predicted octanol–water partition coefficient (Wildman–Crippen LogP) is 2.43. The Morgan fingerprint density at radius 1 is 1.48 bits per heavy atom. The number of nitrogens with two attached hydrogens (primary N) is 1. The summed E-state index contributed by atoms with van der Waals surface area (Å²) in [6.45, 7) is 2.55. The van der Waals surface area contributed by atoms with Gasteiger partial charge in [0.25, 0.3) is 0 Å². The molecule has 3 N–H and O–H groups in total. The first kappa shape index (κ1) is 21.5. The number of aromatic nitrogens is 1. The SMILES string of the molecule is CCC(C)C(N)C(=O)NCc1ccnc(OCC(F)(F)F)c1.Cl. The van der Waals surface area contributed by atoms with E-state index in [0.717, 1.165) is 6.42 Å². The summed E-state index contributed by atoms with van der Waals surface area (Å²) in [6, 6.07) is 2.31. The summed E-state index contributed by atoms with van der Waals surface area (Å²) < 4.78 is 40.8. The van der Waals surface area contributed by atoms with Gasteiger partial charge in [0.15, 0.2) is 6.61 Å². The first-order valence-electron chi connectivity index (χ1n) is 6.90. The lowest BCUT2D eigenvalue weighted by atomic mass is 9.99. The van der Waals surface area contributed by atoms with Crippen LogP contribution < -0.4 is 15.8 Å². The highest BCUT2D eigenvalue weighted by Gasteiger charge is 2.28. The molecule has 0 bridgehead atoms. The third-order valence-corrected chi connectivity index (χ3v) is 3.21. The van der Waals surface area contributed by atoms with Gasteiger partial charge in [0, 0.05) is 18.8 Å². The van der Waals surface area contributed by atoms with Crippen LogP contribution in [-0.4, -0.2) is 29.7 Å². The van der Waals surface area contributed by atoms with E-state index in [1.807, 2.05) is 13.8 Å². The average Bonchev–Trinajstić information content (AvgIpc) is 2.48. The molecule has 9 heteroatoms. The smallest absolute Gasteiger partial charge is 0.422 e. The number of rotatable bonds is 7. The number of pyridine rings is 1. The molecule has 2 atom stereocenters. The fourth-order valence-corrected chi connectivity index (χ4v) is 1.61. The number of nitrogens with zero attached hydrogens (tertiary/aromatic N) is 1. The number of nitrogens with one attached hydrogen (secondary N) is 1. The maximum atomic E-state index is 12.1. The minimum atomic E-state index is -4.42. The van der Waals surface area contributed by atoms with Crippen molar-refractivity contribution in [3.05, 3.63) is 23.9 Å². The molecule has 2 unspecified atom stereocenters. The van der Waals surface area contributed by atoms with Gasteiger partial charge in [-0.1, -0.05) is 20.3 Å². The van der Waals surface area contributed by atoms with Crippen molar-refractivity contribution in [2.45, 2.75) is 39.0 Å². The number of hydrogen-bond donors (Lipinski definition) is 2. The van der Waals surface area contributed by atoms with E-state index in [-0.39, 0.29) is 36.7 Å². The zero-order valence-electron chi connectivity index (χ0n) is 12.9. The van der Waals surface area contributed by atoms with Crippen LogP contribution in [0.4, 0.5) is 13.2 Å². The monoisotopic (exact) mass is 355 g/mol. The fourth-order valence-electron chi connectivity index (χ4n) is 1.61. The maximum Gasteiger partial charge on any atom is 0.422 e. The molecule has 5 nitrogen and oxygen atoms in total. The van der Waals surface area contributed by atoms with Gasteiger partial charge in [-0.3, -0.25) is 4.79 Å². The Hall–Kier alpha value is -1.54. The second-order valence-corrected chi connectivity index (χ2v) is 5.04.